The molecule has 0 saturated heterocycles. The molecule has 0 bridgehead atoms. The maximum atomic E-state index is 12.7. The Morgan fingerprint density at radius 2 is 1.93 bits per heavy atom. The van der Waals surface area contributed by atoms with Crippen LogP contribution in [0.5, 0.6) is 0 Å². The monoisotopic (exact) mass is 383 g/mol. The van der Waals surface area contributed by atoms with Crippen LogP contribution in [0, 0.1) is 0 Å². The molecule has 1 heterocycles. The van der Waals surface area contributed by atoms with E-state index in [4.69, 9.17) is 16.3 Å². The molecule has 0 aliphatic heterocycles. The molecular weight excluding hydrogens is 366 g/mol. The number of imidazole rings is 1. The predicted octanol–water partition coefficient (Wildman–Crippen LogP) is 3.56. The van der Waals surface area contributed by atoms with Crippen LogP contribution in [0.3, 0.4) is 0 Å². The smallest absolute Gasteiger partial charge is 0.307 e. The molecule has 0 radical (unpaired) electrons. The van der Waals surface area contributed by atoms with E-state index in [0.29, 0.717) is 16.1 Å². The second kappa shape index (κ2) is 8.51. The first kappa shape index (κ1) is 18.7. The van der Waals surface area contributed by atoms with E-state index in [0.717, 1.165) is 5.69 Å². The highest BCUT2D eigenvalue weighted by Crippen LogP contribution is 2.26. The van der Waals surface area contributed by atoms with E-state index in [-0.39, 0.29) is 12.3 Å². The fourth-order valence-corrected chi connectivity index (χ4v) is 2.95. The first-order valence-corrected chi connectivity index (χ1v) is 8.67. The molecule has 1 N–H and O–H groups in total. The van der Waals surface area contributed by atoms with Gasteiger partial charge in [-0.15, -0.1) is 0 Å². The van der Waals surface area contributed by atoms with Crippen LogP contribution in [-0.4, -0.2) is 28.5 Å². The molecule has 3 aromatic rings. The second-order valence-electron chi connectivity index (χ2n) is 5.84. The number of halogens is 1. The fraction of sp³-hybridized carbons (Fsp3) is 0.150. The number of rotatable bonds is 6. The van der Waals surface area contributed by atoms with Gasteiger partial charge >= 0.3 is 5.97 Å². The Morgan fingerprint density at radius 3 is 2.56 bits per heavy atom. The van der Waals surface area contributed by atoms with Gasteiger partial charge in [-0.3, -0.25) is 9.59 Å². The minimum Gasteiger partial charge on any atom is -0.469 e. The van der Waals surface area contributed by atoms with Crippen molar-refractivity contribution in [2.75, 3.05) is 7.11 Å². The van der Waals surface area contributed by atoms with E-state index in [1.54, 1.807) is 48.9 Å². The fourth-order valence-electron chi connectivity index (χ4n) is 2.68. The van der Waals surface area contributed by atoms with Crippen molar-refractivity contribution in [3.05, 3.63) is 83.4 Å². The summed E-state index contributed by atoms with van der Waals surface area (Å²) in [6.07, 6.45) is 5.17. The third kappa shape index (κ3) is 4.54. The average Bonchev–Trinajstić information content (AvgIpc) is 3.22. The van der Waals surface area contributed by atoms with Crippen LogP contribution in [0.2, 0.25) is 5.02 Å². The van der Waals surface area contributed by atoms with E-state index in [9.17, 15) is 9.59 Å². The van der Waals surface area contributed by atoms with E-state index in [1.165, 1.54) is 7.11 Å². The number of benzene rings is 2. The number of methoxy groups -OCH3 is 1. The van der Waals surface area contributed by atoms with E-state index >= 15 is 0 Å². The molecule has 1 atom stereocenters. The number of hydrogen-bond donors (Lipinski definition) is 1. The number of esters is 1. The Kier molecular flexibility index (Phi) is 5.88. The molecule has 138 valence electrons. The second-order valence-corrected chi connectivity index (χ2v) is 6.25. The molecule has 1 aromatic heterocycles. The van der Waals surface area contributed by atoms with Crippen molar-refractivity contribution < 1.29 is 14.3 Å². The molecular formula is C20H18ClN3O3. The van der Waals surface area contributed by atoms with Gasteiger partial charge in [-0.05, 0) is 35.9 Å². The van der Waals surface area contributed by atoms with Crippen LogP contribution in [0.4, 0.5) is 0 Å². The summed E-state index contributed by atoms with van der Waals surface area (Å²) >= 11 is 6.24. The molecule has 0 fully saturated rings. The maximum Gasteiger partial charge on any atom is 0.307 e. The SMILES string of the molecule is COC(=O)CC(NC(=O)c1ccc(-n2ccnc2)cc1)c1ccccc1Cl. The summed E-state index contributed by atoms with van der Waals surface area (Å²) in [6.45, 7) is 0. The minimum atomic E-state index is -0.591. The van der Waals surface area contributed by atoms with Gasteiger partial charge in [-0.1, -0.05) is 29.8 Å². The van der Waals surface area contributed by atoms with Gasteiger partial charge in [0.1, 0.15) is 0 Å². The van der Waals surface area contributed by atoms with Crippen molar-refractivity contribution in [3.8, 4) is 5.69 Å². The number of amides is 1. The third-order valence-corrected chi connectivity index (χ3v) is 4.46. The highest BCUT2D eigenvalue weighted by Gasteiger charge is 2.21. The van der Waals surface area contributed by atoms with Crippen molar-refractivity contribution in [1.82, 2.24) is 14.9 Å². The van der Waals surface area contributed by atoms with Crippen LogP contribution >= 0.6 is 11.6 Å². The van der Waals surface area contributed by atoms with Gasteiger partial charge < -0.3 is 14.6 Å². The van der Waals surface area contributed by atoms with Crippen LogP contribution in [0.1, 0.15) is 28.4 Å². The molecule has 0 aliphatic rings. The Labute approximate surface area is 161 Å². The molecule has 3 rings (SSSR count). The van der Waals surface area contributed by atoms with Crippen LogP contribution in [0.15, 0.2) is 67.3 Å². The summed E-state index contributed by atoms with van der Waals surface area (Å²) in [6, 6.07) is 13.6. The Hall–Kier alpha value is -3.12. The van der Waals surface area contributed by atoms with Crippen molar-refractivity contribution >= 4 is 23.5 Å². The van der Waals surface area contributed by atoms with E-state index in [1.807, 2.05) is 22.9 Å². The summed E-state index contributed by atoms with van der Waals surface area (Å²) in [5, 5.41) is 3.34. The van der Waals surface area contributed by atoms with Crippen molar-refractivity contribution in [3.63, 3.8) is 0 Å². The topological polar surface area (TPSA) is 73.2 Å². The average molecular weight is 384 g/mol. The first-order chi connectivity index (χ1) is 13.1. The largest absolute Gasteiger partial charge is 0.469 e. The van der Waals surface area contributed by atoms with Gasteiger partial charge in [0.2, 0.25) is 0 Å². The minimum absolute atomic E-state index is 0.0148. The molecule has 0 saturated carbocycles. The van der Waals surface area contributed by atoms with Gasteiger partial charge in [0, 0.05) is 28.7 Å². The highest BCUT2D eigenvalue weighted by atomic mass is 35.5. The molecule has 27 heavy (non-hydrogen) atoms. The van der Waals surface area contributed by atoms with Gasteiger partial charge in [0.25, 0.3) is 5.91 Å². The molecule has 7 heteroatoms. The number of nitrogens with one attached hydrogen (secondary N) is 1. The number of nitrogens with zero attached hydrogens (tertiary/aromatic N) is 2. The summed E-state index contributed by atoms with van der Waals surface area (Å²) in [7, 11) is 1.31. The predicted molar refractivity (Wildman–Crippen MR) is 102 cm³/mol. The van der Waals surface area contributed by atoms with Gasteiger partial charge in [-0.25, -0.2) is 4.98 Å². The number of hydrogen-bond acceptors (Lipinski definition) is 4. The van der Waals surface area contributed by atoms with Gasteiger partial charge in [0.15, 0.2) is 0 Å². The first-order valence-electron chi connectivity index (χ1n) is 8.29. The quantitative estimate of drug-likeness (QED) is 0.660. The van der Waals surface area contributed by atoms with Crippen LogP contribution < -0.4 is 5.32 Å². The lowest BCUT2D eigenvalue weighted by Gasteiger charge is -2.19. The number of aromatic nitrogens is 2. The zero-order valence-electron chi connectivity index (χ0n) is 14.6. The van der Waals surface area contributed by atoms with Crippen LogP contribution in [0.25, 0.3) is 5.69 Å². The van der Waals surface area contributed by atoms with Crippen LogP contribution in [-0.2, 0) is 9.53 Å². The zero-order chi connectivity index (χ0) is 19.2. The van der Waals surface area contributed by atoms with Crippen molar-refractivity contribution in [2.45, 2.75) is 12.5 Å². The van der Waals surface area contributed by atoms with E-state index in [2.05, 4.69) is 10.3 Å². The molecule has 2 aromatic carbocycles. The standard InChI is InChI=1S/C20H18ClN3O3/c1-27-19(25)12-18(16-4-2-3-5-17(16)21)23-20(26)14-6-8-15(9-7-14)24-11-10-22-13-24/h2-11,13,18H,12H2,1H3,(H,23,26). The lowest BCUT2D eigenvalue weighted by atomic mass is 10.0. The molecule has 1 unspecified atom stereocenters. The van der Waals surface area contributed by atoms with Crippen molar-refractivity contribution in [1.29, 1.82) is 0 Å². The Morgan fingerprint density at radius 1 is 1.19 bits per heavy atom. The molecule has 6 nitrogen and oxygen atoms in total. The summed E-state index contributed by atoms with van der Waals surface area (Å²) in [5.41, 5.74) is 2.02. The zero-order valence-corrected chi connectivity index (χ0v) is 15.4. The molecule has 1 amide bonds. The highest BCUT2D eigenvalue weighted by molar-refractivity contribution is 6.31. The van der Waals surface area contributed by atoms with Crippen molar-refractivity contribution in [2.24, 2.45) is 0 Å². The summed E-state index contributed by atoms with van der Waals surface area (Å²) in [5.74, 6) is -0.739. The maximum absolute atomic E-state index is 12.7. The summed E-state index contributed by atoms with van der Waals surface area (Å²) in [4.78, 5) is 28.5. The Bertz CT molecular complexity index is 924. The van der Waals surface area contributed by atoms with Gasteiger partial charge in [0.05, 0.1) is 25.9 Å². The lowest BCUT2D eigenvalue weighted by Crippen LogP contribution is -2.30. The summed E-state index contributed by atoms with van der Waals surface area (Å²) < 4.78 is 6.58. The third-order valence-electron chi connectivity index (χ3n) is 4.12. The Balaban J connectivity index is 1.79. The molecule has 0 aliphatic carbocycles. The number of carbonyl (C=O) groups excluding carboxylic acids is 2. The molecule has 0 spiro atoms. The van der Waals surface area contributed by atoms with E-state index < -0.39 is 12.0 Å². The normalized spacial score (nSPS) is 11.6. The lowest BCUT2D eigenvalue weighted by molar-refractivity contribution is -0.141. The number of carbonyl (C=O) groups is 2. The number of ether oxygens (including phenoxy) is 1. The van der Waals surface area contributed by atoms with Gasteiger partial charge in [-0.2, -0.15) is 0 Å².